The molecule has 0 aromatic heterocycles. The molecule has 3 rings (SSSR count). The van der Waals surface area contributed by atoms with E-state index in [1.165, 1.54) is 5.56 Å². The van der Waals surface area contributed by atoms with Gasteiger partial charge in [-0.25, -0.2) is 0 Å². The van der Waals surface area contributed by atoms with Crippen LogP contribution in [0.3, 0.4) is 0 Å². The summed E-state index contributed by atoms with van der Waals surface area (Å²) in [5.41, 5.74) is 2.13. The zero-order valence-electron chi connectivity index (χ0n) is 15.7. The van der Waals surface area contributed by atoms with Crippen molar-refractivity contribution in [2.75, 3.05) is 19.8 Å². The number of nitrogens with zero attached hydrogens (tertiary/aromatic N) is 1. The van der Waals surface area contributed by atoms with Crippen molar-refractivity contribution in [3.05, 3.63) is 35.4 Å². The molecule has 4 heteroatoms. The number of carbonyl (C=O) groups is 1. The van der Waals surface area contributed by atoms with Crippen LogP contribution in [0.5, 0.6) is 0 Å². The van der Waals surface area contributed by atoms with Gasteiger partial charge < -0.3 is 14.7 Å². The van der Waals surface area contributed by atoms with E-state index in [0.717, 1.165) is 31.4 Å². The molecule has 138 valence electrons. The van der Waals surface area contributed by atoms with E-state index in [2.05, 4.69) is 32.9 Å². The summed E-state index contributed by atoms with van der Waals surface area (Å²) in [6.07, 6.45) is 3.33. The minimum atomic E-state index is -0.361. The van der Waals surface area contributed by atoms with Crippen LogP contribution in [0, 0.1) is 5.92 Å². The molecule has 0 bridgehead atoms. The highest BCUT2D eigenvalue weighted by atomic mass is 16.5. The maximum absolute atomic E-state index is 13.0. The molecule has 2 fully saturated rings. The number of hydrogen-bond donors (Lipinski definition) is 1. The van der Waals surface area contributed by atoms with Gasteiger partial charge in [0, 0.05) is 30.7 Å². The highest BCUT2D eigenvalue weighted by Crippen LogP contribution is 2.32. The van der Waals surface area contributed by atoms with Gasteiger partial charge in [-0.2, -0.15) is 0 Å². The molecular formula is C21H31NO3. The molecule has 1 N–H and O–H groups in total. The molecule has 1 amide bonds. The minimum absolute atomic E-state index is 0.0403. The van der Waals surface area contributed by atoms with E-state index >= 15 is 0 Å². The SMILES string of the molecule is CCC(C)(C)c1ccc(C(=O)N2CCC[C@@H]2[C@H]2COCC[C@@H]2O)cc1. The normalized spacial score (nSPS) is 27.5. The minimum Gasteiger partial charge on any atom is -0.393 e. The third kappa shape index (κ3) is 3.75. The lowest BCUT2D eigenvalue weighted by Gasteiger charge is -2.37. The van der Waals surface area contributed by atoms with Gasteiger partial charge in [0.1, 0.15) is 0 Å². The quantitative estimate of drug-likeness (QED) is 0.910. The van der Waals surface area contributed by atoms with Gasteiger partial charge in [-0.1, -0.05) is 32.9 Å². The van der Waals surface area contributed by atoms with E-state index < -0.39 is 0 Å². The molecular weight excluding hydrogens is 314 g/mol. The molecule has 3 atom stereocenters. The van der Waals surface area contributed by atoms with Crippen LogP contribution in [0.15, 0.2) is 24.3 Å². The van der Waals surface area contributed by atoms with Crippen molar-refractivity contribution in [3.63, 3.8) is 0 Å². The second kappa shape index (κ2) is 7.46. The molecule has 0 saturated carbocycles. The number of aliphatic hydroxyl groups excluding tert-OH is 1. The van der Waals surface area contributed by atoms with Gasteiger partial charge in [-0.05, 0) is 48.8 Å². The summed E-state index contributed by atoms with van der Waals surface area (Å²) < 4.78 is 5.57. The van der Waals surface area contributed by atoms with E-state index in [9.17, 15) is 9.90 Å². The van der Waals surface area contributed by atoms with Crippen molar-refractivity contribution < 1.29 is 14.6 Å². The van der Waals surface area contributed by atoms with Crippen molar-refractivity contribution in [1.82, 2.24) is 4.90 Å². The highest BCUT2D eigenvalue weighted by Gasteiger charge is 2.39. The molecule has 2 aliphatic rings. The predicted molar refractivity (Wildman–Crippen MR) is 98.8 cm³/mol. The van der Waals surface area contributed by atoms with Gasteiger partial charge in [0.15, 0.2) is 0 Å². The van der Waals surface area contributed by atoms with E-state index in [-0.39, 0.29) is 29.4 Å². The van der Waals surface area contributed by atoms with Crippen molar-refractivity contribution in [3.8, 4) is 0 Å². The fourth-order valence-electron chi connectivity index (χ4n) is 4.04. The maximum atomic E-state index is 13.0. The summed E-state index contributed by atoms with van der Waals surface area (Å²) >= 11 is 0. The number of likely N-dealkylation sites (tertiary alicyclic amines) is 1. The van der Waals surface area contributed by atoms with Crippen LogP contribution in [-0.4, -0.2) is 47.8 Å². The summed E-state index contributed by atoms with van der Waals surface area (Å²) in [6, 6.07) is 8.17. The van der Waals surface area contributed by atoms with Gasteiger partial charge in [0.25, 0.3) is 5.91 Å². The van der Waals surface area contributed by atoms with Gasteiger partial charge in [0.05, 0.1) is 12.7 Å². The summed E-state index contributed by atoms with van der Waals surface area (Å²) in [6.45, 7) is 8.59. The first-order valence-electron chi connectivity index (χ1n) is 9.61. The zero-order chi connectivity index (χ0) is 18.0. The third-order valence-corrected chi connectivity index (χ3v) is 6.21. The molecule has 0 unspecified atom stereocenters. The van der Waals surface area contributed by atoms with Crippen molar-refractivity contribution in [1.29, 1.82) is 0 Å². The number of rotatable bonds is 4. The largest absolute Gasteiger partial charge is 0.393 e. The summed E-state index contributed by atoms with van der Waals surface area (Å²) in [5.74, 6) is 0.125. The molecule has 0 aliphatic carbocycles. The van der Waals surface area contributed by atoms with Crippen LogP contribution in [0.1, 0.15) is 62.4 Å². The topological polar surface area (TPSA) is 49.8 Å². The van der Waals surface area contributed by atoms with Gasteiger partial charge >= 0.3 is 0 Å². The Balaban J connectivity index is 1.75. The Hall–Kier alpha value is -1.39. The van der Waals surface area contributed by atoms with E-state index in [1.54, 1.807) is 0 Å². The van der Waals surface area contributed by atoms with Crippen LogP contribution < -0.4 is 0 Å². The standard InChI is InChI=1S/C21H31NO3/c1-4-21(2,3)16-9-7-15(8-10-16)20(24)22-12-5-6-18(22)17-14-25-13-11-19(17)23/h7-10,17-19,23H,4-6,11-14H2,1-3H3/t17-,18-,19+/m1/s1. The Morgan fingerprint density at radius 1 is 1.28 bits per heavy atom. The Morgan fingerprint density at radius 3 is 2.64 bits per heavy atom. The van der Waals surface area contributed by atoms with Crippen LogP contribution in [0.2, 0.25) is 0 Å². The maximum Gasteiger partial charge on any atom is 0.254 e. The lowest BCUT2D eigenvalue weighted by molar-refractivity contribution is -0.0589. The van der Waals surface area contributed by atoms with Crippen LogP contribution in [-0.2, 0) is 10.2 Å². The number of benzene rings is 1. The summed E-state index contributed by atoms with van der Waals surface area (Å²) in [7, 11) is 0. The second-order valence-corrected chi connectivity index (χ2v) is 8.12. The number of aliphatic hydroxyl groups is 1. The lowest BCUT2D eigenvalue weighted by Crippen LogP contribution is -2.48. The second-order valence-electron chi connectivity index (χ2n) is 8.12. The van der Waals surface area contributed by atoms with E-state index in [0.29, 0.717) is 19.6 Å². The molecule has 0 radical (unpaired) electrons. The summed E-state index contributed by atoms with van der Waals surface area (Å²) in [4.78, 5) is 15.0. The number of carbonyl (C=O) groups excluding carboxylic acids is 1. The Labute approximate surface area is 151 Å². The van der Waals surface area contributed by atoms with E-state index in [4.69, 9.17) is 4.74 Å². The van der Waals surface area contributed by atoms with Crippen LogP contribution in [0.4, 0.5) is 0 Å². The van der Waals surface area contributed by atoms with Crippen molar-refractivity contribution in [2.24, 2.45) is 5.92 Å². The van der Waals surface area contributed by atoms with Crippen LogP contribution >= 0.6 is 0 Å². The smallest absolute Gasteiger partial charge is 0.254 e. The lowest BCUT2D eigenvalue weighted by atomic mass is 9.82. The van der Waals surface area contributed by atoms with Crippen LogP contribution in [0.25, 0.3) is 0 Å². The van der Waals surface area contributed by atoms with Gasteiger partial charge in [-0.15, -0.1) is 0 Å². The fourth-order valence-corrected chi connectivity index (χ4v) is 4.04. The first-order valence-corrected chi connectivity index (χ1v) is 9.61. The van der Waals surface area contributed by atoms with Crippen molar-refractivity contribution >= 4 is 5.91 Å². The van der Waals surface area contributed by atoms with Gasteiger partial charge in [-0.3, -0.25) is 4.79 Å². The van der Waals surface area contributed by atoms with Gasteiger partial charge in [0.2, 0.25) is 0 Å². The average Bonchev–Trinajstić information content (AvgIpc) is 3.11. The predicted octanol–water partition coefficient (Wildman–Crippen LogP) is 3.38. The molecule has 1 aromatic rings. The molecule has 4 nitrogen and oxygen atoms in total. The molecule has 1 aromatic carbocycles. The Kier molecular flexibility index (Phi) is 5.49. The van der Waals surface area contributed by atoms with Crippen molar-refractivity contribution in [2.45, 2.75) is 64.0 Å². The molecule has 2 aliphatic heterocycles. The zero-order valence-corrected chi connectivity index (χ0v) is 15.7. The fraction of sp³-hybridized carbons (Fsp3) is 0.667. The average molecular weight is 345 g/mol. The molecule has 2 saturated heterocycles. The number of amides is 1. The summed E-state index contributed by atoms with van der Waals surface area (Å²) in [5, 5.41) is 10.3. The monoisotopic (exact) mass is 345 g/mol. The number of hydrogen-bond acceptors (Lipinski definition) is 3. The third-order valence-electron chi connectivity index (χ3n) is 6.21. The molecule has 25 heavy (non-hydrogen) atoms. The molecule has 0 spiro atoms. The Bertz CT molecular complexity index is 596. The number of ether oxygens (including phenoxy) is 1. The first-order chi connectivity index (χ1) is 11.9. The molecule has 2 heterocycles. The highest BCUT2D eigenvalue weighted by molar-refractivity contribution is 5.94. The first kappa shape index (κ1) is 18.4. The van der Waals surface area contributed by atoms with E-state index in [1.807, 2.05) is 17.0 Å². The Morgan fingerprint density at radius 2 is 2.00 bits per heavy atom.